The molecule has 0 bridgehead atoms. The first-order chi connectivity index (χ1) is 13.3. The van der Waals surface area contributed by atoms with Crippen LogP contribution in [0.3, 0.4) is 0 Å². The van der Waals surface area contributed by atoms with Crippen LogP contribution in [-0.2, 0) is 0 Å². The summed E-state index contributed by atoms with van der Waals surface area (Å²) in [5, 5.41) is 7.22. The van der Waals surface area contributed by atoms with Gasteiger partial charge in [0.2, 0.25) is 5.88 Å². The number of primary amides is 1. The van der Waals surface area contributed by atoms with E-state index in [-0.39, 0.29) is 43.7 Å². The van der Waals surface area contributed by atoms with E-state index in [1.807, 2.05) is 0 Å². The molecule has 0 aliphatic carbocycles. The molecule has 0 saturated carbocycles. The lowest BCUT2D eigenvalue weighted by molar-refractivity contribution is 0.100. The minimum absolute atomic E-state index is 0.0161. The second-order valence-electron chi connectivity index (χ2n) is 5.42. The highest BCUT2D eigenvalue weighted by Crippen LogP contribution is 2.31. The average molecular weight is 441 g/mol. The Morgan fingerprint density at radius 2 is 1.93 bits per heavy atom. The first-order valence-corrected chi connectivity index (χ1v) is 8.80. The van der Waals surface area contributed by atoms with Gasteiger partial charge in [0, 0.05) is 17.3 Å². The van der Waals surface area contributed by atoms with Crippen LogP contribution in [0.2, 0.25) is 15.1 Å². The van der Waals surface area contributed by atoms with E-state index < -0.39 is 11.8 Å². The lowest BCUT2D eigenvalue weighted by Crippen LogP contribution is -2.21. The lowest BCUT2D eigenvalue weighted by atomic mass is 10.1. The van der Waals surface area contributed by atoms with Gasteiger partial charge in [-0.15, -0.1) is 5.10 Å². The number of amides is 2. The van der Waals surface area contributed by atoms with Crippen LogP contribution in [-0.4, -0.2) is 33.7 Å². The van der Waals surface area contributed by atoms with Crippen LogP contribution in [0.25, 0.3) is 5.82 Å². The third-order valence-corrected chi connectivity index (χ3v) is 4.44. The summed E-state index contributed by atoms with van der Waals surface area (Å²) in [4.78, 5) is 28.8. The fourth-order valence-corrected chi connectivity index (χ4v) is 3.13. The fourth-order valence-electron chi connectivity index (χ4n) is 2.39. The van der Waals surface area contributed by atoms with Gasteiger partial charge in [-0.05, 0) is 24.3 Å². The molecule has 0 unspecified atom stereocenters. The molecule has 0 radical (unpaired) electrons. The monoisotopic (exact) mass is 439 g/mol. The number of nitrogens with zero attached hydrogens (tertiary/aromatic N) is 3. The summed E-state index contributed by atoms with van der Waals surface area (Å²) in [5.74, 6) is -1.08. The number of methoxy groups -OCH3 is 1. The number of ether oxygens (including phenoxy) is 1. The maximum Gasteiger partial charge on any atom is 0.274 e. The molecule has 0 fully saturated rings. The summed E-state index contributed by atoms with van der Waals surface area (Å²) in [7, 11) is 1.40. The molecule has 3 rings (SSSR count). The number of nitrogens with two attached hydrogens (primary N) is 1. The van der Waals surface area contributed by atoms with Crippen LogP contribution in [0.4, 0.5) is 5.69 Å². The molecule has 3 aromatic rings. The van der Waals surface area contributed by atoms with Crippen LogP contribution in [0.5, 0.6) is 5.88 Å². The van der Waals surface area contributed by atoms with Gasteiger partial charge in [0.25, 0.3) is 11.8 Å². The highest BCUT2D eigenvalue weighted by molar-refractivity contribution is 6.38. The van der Waals surface area contributed by atoms with Gasteiger partial charge in [-0.1, -0.05) is 34.8 Å². The van der Waals surface area contributed by atoms with Crippen molar-refractivity contribution in [3.8, 4) is 11.7 Å². The lowest BCUT2D eigenvalue weighted by Gasteiger charge is -2.12. The van der Waals surface area contributed by atoms with Crippen molar-refractivity contribution >= 4 is 52.3 Å². The van der Waals surface area contributed by atoms with Crippen LogP contribution < -0.4 is 15.8 Å². The van der Waals surface area contributed by atoms with Gasteiger partial charge >= 0.3 is 0 Å². The topological polar surface area (TPSA) is 112 Å². The molecule has 8 nitrogen and oxygen atoms in total. The summed E-state index contributed by atoms with van der Waals surface area (Å²) in [6.07, 6.45) is 1.50. The van der Waals surface area contributed by atoms with E-state index in [4.69, 9.17) is 45.3 Å². The molecule has 2 amide bonds. The van der Waals surface area contributed by atoms with Gasteiger partial charge in [0.05, 0.1) is 28.4 Å². The van der Waals surface area contributed by atoms with Crippen molar-refractivity contribution in [1.29, 1.82) is 0 Å². The van der Waals surface area contributed by atoms with Crippen molar-refractivity contribution in [3.63, 3.8) is 0 Å². The largest absolute Gasteiger partial charge is 0.480 e. The Bertz CT molecular complexity index is 1080. The molecular weight excluding hydrogens is 429 g/mol. The van der Waals surface area contributed by atoms with Gasteiger partial charge in [-0.2, -0.15) is 0 Å². The number of nitrogens with one attached hydrogen (secondary N) is 1. The van der Waals surface area contributed by atoms with Gasteiger partial charge in [0.1, 0.15) is 5.69 Å². The quantitative estimate of drug-likeness (QED) is 0.629. The standard InChI is InChI=1S/C17H12Cl3N5O3/c1-28-13-7-12(25(24-13)16-10(19)3-2-4-22-16)17(27)23-14-9(15(21)26)5-8(18)6-11(14)20/h2-7H,1H3,(H2,21,26)(H,23,27). The molecule has 28 heavy (non-hydrogen) atoms. The molecule has 0 spiro atoms. The Labute approximate surface area is 174 Å². The number of rotatable bonds is 5. The normalized spacial score (nSPS) is 10.6. The van der Waals surface area contributed by atoms with Crippen molar-refractivity contribution in [3.05, 3.63) is 62.9 Å². The minimum atomic E-state index is -0.807. The zero-order chi connectivity index (χ0) is 20.4. The highest BCUT2D eigenvalue weighted by Gasteiger charge is 2.23. The second kappa shape index (κ2) is 8.05. The van der Waals surface area contributed by atoms with Crippen LogP contribution >= 0.6 is 34.8 Å². The Morgan fingerprint density at radius 3 is 2.57 bits per heavy atom. The molecule has 0 saturated heterocycles. The van der Waals surface area contributed by atoms with E-state index in [1.165, 1.54) is 36.2 Å². The third-order valence-electron chi connectivity index (χ3n) is 3.63. The smallest absolute Gasteiger partial charge is 0.274 e. The summed E-state index contributed by atoms with van der Waals surface area (Å²) < 4.78 is 6.31. The Morgan fingerprint density at radius 1 is 1.18 bits per heavy atom. The average Bonchev–Trinajstić information content (AvgIpc) is 3.08. The molecule has 1 aromatic carbocycles. The molecular formula is C17H12Cl3N5O3. The van der Waals surface area contributed by atoms with Gasteiger partial charge in [0.15, 0.2) is 5.82 Å². The van der Waals surface area contributed by atoms with E-state index in [1.54, 1.807) is 12.1 Å². The van der Waals surface area contributed by atoms with Gasteiger partial charge in [-0.25, -0.2) is 9.67 Å². The minimum Gasteiger partial charge on any atom is -0.480 e. The van der Waals surface area contributed by atoms with E-state index >= 15 is 0 Å². The Balaban J connectivity index is 2.07. The maximum atomic E-state index is 12.9. The SMILES string of the molecule is COc1cc(C(=O)Nc2c(Cl)cc(Cl)cc2C(N)=O)n(-c2ncccc2Cl)n1. The van der Waals surface area contributed by atoms with Crippen molar-refractivity contribution in [2.24, 2.45) is 5.73 Å². The van der Waals surface area contributed by atoms with Crippen molar-refractivity contribution in [2.45, 2.75) is 0 Å². The predicted molar refractivity (Wildman–Crippen MR) is 106 cm³/mol. The number of anilines is 1. The van der Waals surface area contributed by atoms with Crippen molar-refractivity contribution in [2.75, 3.05) is 12.4 Å². The molecule has 0 aliphatic rings. The molecule has 2 aromatic heterocycles. The number of halogens is 3. The van der Waals surface area contributed by atoms with Gasteiger partial charge < -0.3 is 15.8 Å². The predicted octanol–water partition coefficient (Wildman–Crippen LogP) is 3.59. The van der Waals surface area contributed by atoms with Crippen LogP contribution in [0, 0.1) is 0 Å². The Kier molecular flexibility index (Phi) is 5.73. The summed E-state index contributed by atoms with van der Waals surface area (Å²) >= 11 is 18.2. The number of aromatic nitrogens is 3. The number of benzene rings is 1. The number of hydrogen-bond donors (Lipinski definition) is 2. The van der Waals surface area contributed by atoms with Crippen molar-refractivity contribution in [1.82, 2.24) is 14.8 Å². The van der Waals surface area contributed by atoms with Crippen molar-refractivity contribution < 1.29 is 14.3 Å². The molecule has 144 valence electrons. The molecule has 3 N–H and O–H groups in total. The molecule has 2 heterocycles. The third kappa shape index (κ3) is 3.89. The zero-order valence-electron chi connectivity index (χ0n) is 14.2. The van der Waals surface area contributed by atoms with E-state index in [0.717, 1.165) is 0 Å². The van der Waals surface area contributed by atoms with E-state index in [0.29, 0.717) is 0 Å². The van der Waals surface area contributed by atoms with Crippen LogP contribution in [0.1, 0.15) is 20.8 Å². The molecule has 0 aliphatic heterocycles. The number of hydrogen-bond acceptors (Lipinski definition) is 5. The van der Waals surface area contributed by atoms with E-state index in [2.05, 4.69) is 15.4 Å². The highest BCUT2D eigenvalue weighted by atomic mass is 35.5. The molecule has 0 atom stereocenters. The number of pyridine rings is 1. The number of carbonyl (C=O) groups excluding carboxylic acids is 2. The fraction of sp³-hybridized carbons (Fsp3) is 0.0588. The summed E-state index contributed by atoms with van der Waals surface area (Å²) in [6.45, 7) is 0. The summed E-state index contributed by atoms with van der Waals surface area (Å²) in [6, 6.07) is 7.30. The Hall–Kier alpha value is -2.81. The first kappa shape index (κ1) is 19.9. The van der Waals surface area contributed by atoms with Crippen LogP contribution in [0.15, 0.2) is 36.5 Å². The number of carbonyl (C=O) groups is 2. The summed E-state index contributed by atoms with van der Waals surface area (Å²) in [5.41, 5.74) is 5.38. The molecule has 11 heteroatoms. The van der Waals surface area contributed by atoms with E-state index in [9.17, 15) is 9.59 Å². The zero-order valence-corrected chi connectivity index (χ0v) is 16.5. The first-order valence-electron chi connectivity index (χ1n) is 7.67. The maximum absolute atomic E-state index is 12.9. The van der Waals surface area contributed by atoms with Gasteiger partial charge in [-0.3, -0.25) is 9.59 Å². The second-order valence-corrected chi connectivity index (χ2v) is 6.67.